The quantitative estimate of drug-likeness (QED) is 0.864. The van der Waals surface area contributed by atoms with Crippen molar-refractivity contribution < 1.29 is 9.32 Å². The molecule has 6 heteroatoms. The molecule has 2 aromatic heterocycles. The zero-order valence-corrected chi connectivity index (χ0v) is 15.0. The number of aryl methyl sites for hydroxylation is 3. The second kappa shape index (κ2) is 6.79. The van der Waals surface area contributed by atoms with Crippen molar-refractivity contribution in [3.63, 3.8) is 0 Å². The maximum absolute atomic E-state index is 13.0. The molecule has 1 amide bonds. The van der Waals surface area contributed by atoms with Crippen LogP contribution in [0.5, 0.6) is 0 Å². The van der Waals surface area contributed by atoms with Crippen LogP contribution in [0.3, 0.4) is 0 Å². The van der Waals surface area contributed by atoms with Gasteiger partial charge < -0.3 is 14.0 Å². The number of amides is 1. The molecule has 0 saturated carbocycles. The fourth-order valence-corrected chi connectivity index (χ4v) is 3.84. The number of likely N-dealkylation sites (tertiary alicyclic amines) is 1. The zero-order valence-electron chi connectivity index (χ0n) is 15.0. The summed E-state index contributed by atoms with van der Waals surface area (Å²) in [7, 11) is 0. The van der Waals surface area contributed by atoms with E-state index < -0.39 is 0 Å². The minimum Gasteiger partial charge on any atom is -0.361 e. The Balaban J connectivity index is 1.76. The highest BCUT2D eigenvalue weighted by molar-refractivity contribution is 5.84. The van der Waals surface area contributed by atoms with Crippen molar-refractivity contribution in [2.24, 2.45) is 0 Å². The summed E-state index contributed by atoms with van der Waals surface area (Å²) in [6.45, 7) is 9.40. The Bertz CT molecular complexity index is 699. The molecule has 24 heavy (non-hydrogen) atoms. The summed E-state index contributed by atoms with van der Waals surface area (Å²) >= 11 is 0. The van der Waals surface area contributed by atoms with Crippen LogP contribution in [-0.2, 0) is 11.2 Å². The largest absolute Gasteiger partial charge is 0.361 e. The van der Waals surface area contributed by atoms with Gasteiger partial charge in [0, 0.05) is 37.5 Å². The summed E-state index contributed by atoms with van der Waals surface area (Å²) in [6.07, 6.45) is 6.91. The number of piperidine rings is 1. The van der Waals surface area contributed by atoms with Crippen LogP contribution in [0.25, 0.3) is 0 Å². The van der Waals surface area contributed by atoms with Crippen LogP contribution in [-0.4, -0.2) is 38.6 Å². The Labute approximate surface area is 142 Å². The Kier molecular flexibility index (Phi) is 4.73. The molecule has 1 aliphatic heterocycles. The van der Waals surface area contributed by atoms with Crippen molar-refractivity contribution in [1.29, 1.82) is 0 Å². The van der Waals surface area contributed by atoms with E-state index in [0.29, 0.717) is 6.04 Å². The van der Waals surface area contributed by atoms with Crippen LogP contribution in [0.2, 0.25) is 0 Å². The van der Waals surface area contributed by atoms with Crippen LogP contribution in [0.1, 0.15) is 61.5 Å². The van der Waals surface area contributed by atoms with E-state index in [9.17, 15) is 4.79 Å². The normalized spacial score (nSPS) is 19.5. The van der Waals surface area contributed by atoms with Crippen molar-refractivity contribution >= 4 is 5.91 Å². The summed E-state index contributed by atoms with van der Waals surface area (Å²) in [5.41, 5.74) is 1.74. The first-order valence-corrected chi connectivity index (χ1v) is 8.76. The molecular weight excluding hydrogens is 304 g/mol. The second-order valence-electron chi connectivity index (χ2n) is 6.64. The number of rotatable bonds is 4. The van der Waals surface area contributed by atoms with Gasteiger partial charge >= 0.3 is 0 Å². The first-order valence-electron chi connectivity index (χ1n) is 8.76. The molecule has 0 radical (unpaired) electrons. The third-order valence-electron chi connectivity index (χ3n) is 5.06. The van der Waals surface area contributed by atoms with Gasteiger partial charge in [-0.15, -0.1) is 0 Å². The maximum Gasteiger partial charge on any atom is 0.230 e. The van der Waals surface area contributed by atoms with Gasteiger partial charge in [-0.2, -0.15) is 0 Å². The predicted octanol–water partition coefficient (Wildman–Crippen LogP) is 3.02. The van der Waals surface area contributed by atoms with E-state index in [0.717, 1.165) is 55.2 Å². The minimum absolute atomic E-state index is 0.160. The van der Waals surface area contributed by atoms with E-state index >= 15 is 0 Å². The van der Waals surface area contributed by atoms with E-state index in [2.05, 4.69) is 21.6 Å². The Morgan fingerprint density at radius 3 is 2.92 bits per heavy atom. The van der Waals surface area contributed by atoms with Gasteiger partial charge in [0.05, 0.1) is 17.7 Å². The molecule has 2 aromatic rings. The van der Waals surface area contributed by atoms with Crippen LogP contribution < -0.4 is 0 Å². The second-order valence-corrected chi connectivity index (χ2v) is 6.64. The lowest BCUT2D eigenvalue weighted by Gasteiger charge is -2.35. The fraction of sp³-hybridized carbons (Fsp3) is 0.611. The molecule has 1 aliphatic rings. The smallest absolute Gasteiger partial charge is 0.230 e. The van der Waals surface area contributed by atoms with Gasteiger partial charge in [0.15, 0.2) is 0 Å². The number of hydrogen-bond acceptors (Lipinski definition) is 4. The van der Waals surface area contributed by atoms with Gasteiger partial charge in [0.25, 0.3) is 0 Å². The number of imidazole rings is 1. The number of carbonyl (C=O) groups is 1. The highest BCUT2D eigenvalue weighted by Gasteiger charge is 2.31. The Morgan fingerprint density at radius 1 is 1.46 bits per heavy atom. The Hall–Kier alpha value is -2.11. The van der Waals surface area contributed by atoms with Crippen molar-refractivity contribution in [3.05, 3.63) is 35.2 Å². The number of carbonyl (C=O) groups excluding carboxylic acids is 1. The number of hydrogen-bond donors (Lipinski definition) is 0. The average Bonchev–Trinajstić information content (AvgIpc) is 3.20. The maximum atomic E-state index is 13.0. The molecule has 0 unspecified atom stereocenters. The number of nitrogens with zero attached hydrogens (tertiary/aromatic N) is 4. The summed E-state index contributed by atoms with van der Waals surface area (Å²) in [6, 6.07) is 0.317. The molecule has 1 fully saturated rings. The predicted molar refractivity (Wildman–Crippen MR) is 90.8 cm³/mol. The Morgan fingerprint density at radius 2 is 2.25 bits per heavy atom. The molecule has 0 aromatic carbocycles. The van der Waals surface area contributed by atoms with E-state index in [-0.39, 0.29) is 11.8 Å². The van der Waals surface area contributed by atoms with E-state index in [1.54, 1.807) is 0 Å². The van der Waals surface area contributed by atoms with E-state index in [1.807, 2.05) is 38.1 Å². The van der Waals surface area contributed by atoms with Gasteiger partial charge in [0.2, 0.25) is 5.91 Å². The first-order chi connectivity index (χ1) is 11.5. The van der Waals surface area contributed by atoms with Crippen LogP contribution in [0, 0.1) is 13.8 Å². The van der Waals surface area contributed by atoms with Crippen LogP contribution >= 0.6 is 0 Å². The minimum atomic E-state index is -0.219. The highest BCUT2D eigenvalue weighted by Crippen LogP contribution is 2.29. The summed E-state index contributed by atoms with van der Waals surface area (Å²) < 4.78 is 7.47. The lowest BCUT2D eigenvalue weighted by Crippen LogP contribution is -2.42. The van der Waals surface area contributed by atoms with Crippen LogP contribution in [0.15, 0.2) is 16.9 Å². The standard InChI is InChI=1S/C18H26N4O2/c1-5-16-19-8-10-22(16)15-7-6-9-21(11-15)18(23)12(2)17-13(3)20-24-14(17)4/h8,10,12,15H,5-7,9,11H2,1-4H3/t12-,15+/m1/s1. The SMILES string of the molecule is CCc1nccn1[C@H]1CCCN(C(=O)[C@H](C)c2c(C)noc2C)C1. The van der Waals surface area contributed by atoms with E-state index in [1.165, 1.54) is 0 Å². The average molecular weight is 330 g/mol. The third kappa shape index (κ3) is 2.97. The van der Waals surface area contributed by atoms with Gasteiger partial charge in [0.1, 0.15) is 11.6 Å². The fourth-order valence-electron chi connectivity index (χ4n) is 3.84. The molecule has 3 heterocycles. The van der Waals surface area contributed by atoms with Crippen molar-refractivity contribution in [1.82, 2.24) is 19.6 Å². The summed E-state index contributed by atoms with van der Waals surface area (Å²) in [5.74, 6) is 1.77. The molecular formula is C18H26N4O2. The zero-order chi connectivity index (χ0) is 17.3. The first kappa shape index (κ1) is 16.7. The molecule has 6 nitrogen and oxygen atoms in total. The van der Waals surface area contributed by atoms with Gasteiger partial charge in [-0.05, 0) is 33.6 Å². The molecule has 0 spiro atoms. The molecule has 0 N–H and O–H groups in total. The van der Waals surface area contributed by atoms with Crippen molar-refractivity contribution in [3.8, 4) is 0 Å². The molecule has 2 atom stereocenters. The number of aromatic nitrogens is 3. The molecule has 0 aliphatic carbocycles. The third-order valence-corrected chi connectivity index (χ3v) is 5.06. The van der Waals surface area contributed by atoms with E-state index in [4.69, 9.17) is 4.52 Å². The highest BCUT2D eigenvalue weighted by atomic mass is 16.5. The topological polar surface area (TPSA) is 64.2 Å². The van der Waals surface area contributed by atoms with Crippen molar-refractivity contribution in [2.45, 2.75) is 58.9 Å². The van der Waals surface area contributed by atoms with Gasteiger partial charge in [-0.3, -0.25) is 4.79 Å². The summed E-state index contributed by atoms with van der Waals surface area (Å²) in [4.78, 5) is 19.4. The van der Waals surface area contributed by atoms with Gasteiger partial charge in [-0.25, -0.2) is 4.98 Å². The molecule has 130 valence electrons. The lowest BCUT2D eigenvalue weighted by atomic mass is 9.96. The lowest BCUT2D eigenvalue weighted by molar-refractivity contribution is -0.134. The molecule has 0 bridgehead atoms. The molecule has 1 saturated heterocycles. The van der Waals surface area contributed by atoms with Gasteiger partial charge in [-0.1, -0.05) is 12.1 Å². The van der Waals surface area contributed by atoms with Crippen molar-refractivity contribution in [2.75, 3.05) is 13.1 Å². The molecule has 3 rings (SSSR count). The van der Waals surface area contributed by atoms with Crippen LogP contribution in [0.4, 0.5) is 0 Å². The summed E-state index contributed by atoms with van der Waals surface area (Å²) in [5, 5.41) is 3.98. The monoisotopic (exact) mass is 330 g/mol.